The third-order valence-electron chi connectivity index (χ3n) is 3.48. The molecule has 4 nitrogen and oxygen atoms in total. The van der Waals surface area contributed by atoms with E-state index in [9.17, 15) is 4.79 Å². The number of nitrogens with zero attached hydrogens (tertiary/aromatic N) is 1. The van der Waals surface area contributed by atoms with E-state index < -0.39 is 0 Å². The van der Waals surface area contributed by atoms with Crippen molar-refractivity contribution < 1.29 is 9.53 Å². The van der Waals surface area contributed by atoms with Crippen molar-refractivity contribution >= 4 is 62.8 Å². The number of nitrogens with one attached hydrogen (secondary N) is 1. The molecule has 1 N–H and O–H groups in total. The number of aryl methyl sites for hydroxylation is 1. The average Bonchev–Trinajstić information content (AvgIpc) is 3.23. The first-order valence-electron chi connectivity index (χ1n) is 7.27. The monoisotopic (exact) mass is 410 g/mol. The molecule has 0 bridgehead atoms. The molecule has 25 heavy (non-hydrogen) atoms. The van der Waals surface area contributed by atoms with Gasteiger partial charge < -0.3 is 10.1 Å². The molecule has 1 aromatic carbocycles. The van der Waals surface area contributed by atoms with Crippen LogP contribution in [0.25, 0.3) is 11.3 Å². The van der Waals surface area contributed by atoms with Crippen molar-refractivity contribution in [3.63, 3.8) is 0 Å². The Morgan fingerprint density at radius 2 is 2.16 bits per heavy atom. The average molecular weight is 411 g/mol. The summed E-state index contributed by atoms with van der Waals surface area (Å²) in [5.74, 6) is -0.322. The molecule has 0 saturated carbocycles. The van der Waals surface area contributed by atoms with E-state index in [0.29, 0.717) is 9.90 Å². The summed E-state index contributed by atoms with van der Waals surface area (Å²) in [7, 11) is 1.39. The van der Waals surface area contributed by atoms with Crippen LogP contribution in [0.5, 0.6) is 0 Å². The highest BCUT2D eigenvalue weighted by atomic mass is 35.5. The van der Waals surface area contributed by atoms with Crippen LogP contribution in [-0.2, 0) is 4.74 Å². The van der Waals surface area contributed by atoms with E-state index in [1.807, 2.05) is 42.8 Å². The first-order valence-corrected chi connectivity index (χ1v) is 10.6. The van der Waals surface area contributed by atoms with Gasteiger partial charge >= 0.3 is 5.97 Å². The van der Waals surface area contributed by atoms with Crippen LogP contribution >= 0.6 is 46.0 Å². The van der Waals surface area contributed by atoms with Crippen molar-refractivity contribution in [1.82, 2.24) is 4.98 Å². The van der Waals surface area contributed by atoms with Gasteiger partial charge in [0.15, 0.2) is 5.13 Å². The number of halogens is 1. The standard InChI is InChI=1S/C17H15ClN2O2S3/c1-9-6-10(18)4-5-12(9)19-17-20-13(8-24-17)11-7-14(15(21)22-2)25-16(11)23-3/h4-8H,1-3H3,(H,19,20). The Kier molecular flexibility index (Phi) is 5.68. The Balaban J connectivity index is 1.88. The molecule has 0 atom stereocenters. The zero-order valence-electron chi connectivity index (χ0n) is 13.8. The number of rotatable bonds is 5. The Hall–Kier alpha value is -1.54. The maximum absolute atomic E-state index is 11.8. The van der Waals surface area contributed by atoms with Gasteiger partial charge in [0, 0.05) is 21.7 Å². The SMILES string of the molecule is COC(=O)c1cc(-c2csc(Nc3ccc(Cl)cc3C)n2)c(SC)s1. The van der Waals surface area contributed by atoms with E-state index in [4.69, 9.17) is 16.3 Å². The Morgan fingerprint density at radius 3 is 2.84 bits per heavy atom. The fourth-order valence-corrected chi connectivity index (χ4v) is 5.00. The van der Waals surface area contributed by atoms with Crippen LogP contribution in [0.2, 0.25) is 5.02 Å². The lowest BCUT2D eigenvalue weighted by atomic mass is 10.2. The number of thiazole rings is 1. The molecule has 2 heterocycles. The maximum Gasteiger partial charge on any atom is 0.348 e. The number of hydrogen-bond donors (Lipinski definition) is 1. The molecule has 3 rings (SSSR count). The number of carbonyl (C=O) groups is 1. The summed E-state index contributed by atoms with van der Waals surface area (Å²) in [5.41, 5.74) is 3.82. The minimum atomic E-state index is -0.322. The highest BCUT2D eigenvalue weighted by Crippen LogP contribution is 2.39. The quantitative estimate of drug-likeness (QED) is 0.407. The predicted molar refractivity (Wildman–Crippen MR) is 108 cm³/mol. The van der Waals surface area contributed by atoms with Gasteiger partial charge in [-0.25, -0.2) is 9.78 Å². The van der Waals surface area contributed by atoms with Crippen LogP contribution in [0.1, 0.15) is 15.2 Å². The molecule has 0 aliphatic rings. The molecule has 0 spiro atoms. The van der Waals surface area contributed by atoms with Crippen LogP contribution in [0.4, 0.5) is 10.8 Å². The molecule has 2 aromatic heterocycles. The predicted octanol–water partition coefficient (Wildman–Crippen LogP) is 6.09. The van der Waals surface area contributed by atoms with Crippen LogP contribution in [-0.4, -0.2) is 24.3 Å². The lowest BCUT2D eigenvalue weighted by Crippen LogP contribution is -1.96. The zero-order valence-corrected chi connectivity index (χ0v) is 17.0. The van der Waals surface area contributed by atoms with Crippen molar-refractivity contribution in [2.45, 2.75) is 11.1 Å². The summed E-state index contributed by atoms with van der Waals surface area (Å²) in [6.45, 7) is 2.00. The van der Waals surface area contributed by atoms with Crippen molar-refractivity contribution in [3.05, 3.63) is 45.1 Å². The van der Waals surface area contributed by atoms with E-state index >= 15 is 0 Å². The third kappa shape index (κ3) is 4.00. The number of esters is 1. The number of ether oxygens (including phenoxy) is 1. The first kappa shape index (κ1) is 18.3. The van der Waals surface area contributed by atoms with Gasteiger partial charge in [0.25, 0.3) is 0 Å². The van der Waals surface area contributed by atoms with Crippen LogP contribution < -0.4 is 5.32 Å². The molecule has 130 valence electrons. The lowest BCUT2D eigenvalue weighted by molar-refractivity contribution is 0.0606. The van der Waals surface area contributed by atoms with E-state index in [1.54, 1.807) is 11.8 Å². The topological polar surface area (TPSA) is 51.2 Å². The van der Waals surface area contributed by atoms with Crippen LogP contribution in [0.3, 0.4) is 0 Å². The molecule has 0 radical (unpaired) electrons. The number of aromatic nitrogens is 1. The van der Waals surface area contributed by atoms with Gasteiger partial charge in [0.1, 0.15) is 4.88 Å². The van der Waals surface area contributed by atoms with Gasteiger partial charge in [-0.3, -0.25) is 0 Å². The third-order valence-corrected chi connectivity index (χ3v) is 6.72. The fraction of sp³-hybridized carbons (Fsp3) is 0.176. The zero-order chi connectivity index (χ0) is 18.0. The van der Waals surface area contributed by atoms with Gasteiger partial charge in [0.2, 0.25) is 0 Å². The van der Waals surface area contributed by atoms with E-state index in [1.165, 1.54) is 29.8 Å². The molecule has 0 saturated heterocycles. The normalized spacial score (nSPS) is 10.7. The first-order chi connectivity index (χ1) is 12.0. The summed E-state index contributed by atoms with van der Waals surface area (Å²) < 4.78 is 5.85. The fourth-order valence-electron chi connectivity index (χ4n) is 2.24. The molecule has 0 aliphatic heterocycles. The Morgan fingerprint density at radius 1 is 1.36 bits per heavy atom. The summed E-state index contributed by atoms with van der Waals surface area (Å²) in [4.78, 5) is 17.0. The van der Waals surface area contributed by atoms with E-state index in [-0.39, 0.29) is 5.97 Å². The van der Waals surface area contributed by atoms with Crippen molar-refractivity contribution in [2.24, 2.45) is 0 Å². The number of hydrogen-bond acceptors (Lipinski definition) is 7. The van der Waals surface area contributed by atoms with Crippen molar-refractivity contribution in [1.29, 1.82) is 0 Å². The summed E-state index contributed by atoms with van der Waals surface area (Å²) in [6.07, 6.45) is 1.99. The lowest BCUT2D eigenvalue weighted by Gasteiger charge is -2.06. The largest absolute Gasteiger partial charge is 0.465 e. The smallest absolute Gasteiger partial charge is 0.348 e. The molecule has 0 amide bonds. The second-order valence-electron chi connectivity index (χ2n) is 5.13. The minimum Gasteiger partial charge on any atom is -0.465 e. The van der Waals surface area contributed by atoms with Crippen LogP contribution in [0.15, 0.2) is 33.9 Å². The second kappa shape index (κ2) is 7.78. The second-order valence-corrected chi connectivity index (χ2v) is 8.55. The van der Waals surface area contributed by atoms with Gasteiger partial charge in [-0.15, -0.1) is 34.4 Å². The molecular formula is C17H15ClN2O2S3. The van der Waals surface area contributed by atoms with Crippen LogP contribution in [0, 0.1) is 6.92 Å². The molecule has 0 fully saturated rings. The van der Waals surface area contributed by atoms with Gasteiger partial charge in [-0.2, -0.15) is 0 Å². The highest BCUT2D eigenvalue weighted by Gasteiger charge is 2.18. The van der Waals surface area contributed by atoms with Gasteiger partial charge in [-0.1, -0.05) is 11.6 Å². The Bertz CT molecular complexity index is 921. The number of methoxy groups -OCH3 is 1. The van der Waals surface area contributed by atoms with E-state index in [2.05, 4.69) is 10.3 Å². The highest BCUT2D eigenvalue weighted by molar-refractivity contribution is 8.00. The number of anilines is 2. The summed E-state index contributed by atoms with van der Waals surface area (Å²) >= 11 is 10.5. The van der Waals surface area contributed by atoms with Crippen molar-refractivity contribution in [3.8, 4) is 11.3 Å². The van der Waals surface area contributed by atoms with Gasteiger partial charge in [0.05, 0.1) is 17.0 Å². The number of thiophene rings is 1. The van der Waals surface area contributed by atoms with Gasteiger partial charge in [-0.05, 0) is 43.0 Å². The van der Waals surface area contributed by atoms with E-state index in [0.717, 1.165) is 31.8 Å². The Labute approximate surface area is 163 Å². The molecule has 0 aliphatic carbocycles. The van der Waals surface area contributed by atoms with Crippen molar-refractivity contribution in [2.75, 3.05) is 18.7 Å². The maximum atomic E-state index is 11.8. The minimum absolute atomic E-state index is 0.322. The summed E-state index contributed by atoms with van der Waals surface area (Å²) in [5, 5.41) is 6.80. The number of thioether (sulfide) groups is 1. The molecular weight excluding hydrogens is 396 g/mol. The molecule has 8 heteroatoms. The molecule has 0 unspecified atom stereocenters. The number of benzene rings is 1. The summed E-state index contributed by atoms with van der Waals surface area (Å²) in [6, 6.07) is 7.53. The number of carbonyl (C=O) groups excluding carboxylic acids is 1. The molecule has 3 aromatic rings.